The van der Waals surface area contributed by atoms with Crippen molar-refractivity contribution < 1.29 is 14.6 Å². The molecular formula is C11H19NO3. The molecule has 0 saturated carbocycles. The molecule has 4 nitrogen and oxygen atoms in total. The van der Waals surface area contributed by atoms with E-state index in [9.17, 15) is 4.79 Å². The molecule has 0 bridgehead atoms. The highest BCUT2D eigenvalue weighted by molar-refractivity contribution is 5.87. The number of carbonyl (C=O) groups is 1. The zero-order valence-electron chi connectivity index (χ0n) is 9.94. The molecule has 0 aliphatic carbocycles. The third kappa shape index (κ3) is 6.49. The van der Waals surface area contributed by atoms with Gasteiger partial charge in [0.2, 0.25) is 0 Å². The number of hydrogen-bond acceptors (Lipinski definition) is 4. The number of ether oxygens (including phenoxy) is 1. The molecule has 0 aliphatic heterocycles. The quantitative estimate of drug-likeness (QED) is 0.728. The van der Waals surface area contributed by atoms with Gasteiger partial charge in [-0.05, 0) is 12.1 Å². The number of esters is 1. The van der Waals surface area contributed by atoms with Crippen LogP contribution in [-0.2, 0) is 4.74 Å². The van der Waals surface area contributed by atoms with Crippen LogP contribution < -0.4 is 0 Å². The van der Waals surface area contributed by atoms with Gasteiger partial charge in [-0.1, -0.05) is 27.7 Å². The number of aromatic hydroxyl groups is 1. The third-order valence-corrected chi connectivity index (χ3v) is 1.14. The zero-order valence-corrected chi connectivity index (χ0v) is 9.94. The summed E-state index contributed by atoms with van der Waals surface area (Å²) < 4.78 is 4.39. The largest absolute Gasteiger partial charge is 0.506 e. The van der Waals surface area contributed by atoms with Gasteiger partial charge in [-0.2, -0.15) is 0 Å². The van der Waals surface area contributed by atoms with Gasteiger partial charge in [0.1, 0.15) is 11.4 Å². The average Bonchev–Trinajstić information content (AvgIpc) is 2.34. The molecule has 1 heterocycles. The molecule has 0 spiro atoms. The minimum Gasteiger partial charge on any atom is -0.506 e. The minimum absolute atomic E-state index is 0.0256. The van der Waals surface area contributed by atoms with Gasteiger partial charge in [-0.3, -0.25) is 0 Å². The van der Waals surface area contributed by atoms with E-state index in [-0.39, 0.29) is 11.4 Å². The van der Waals surface area contributed by atoms with Crippen molar-refractivity contribution in [2.75, 3.05) is 7.11 Å². The highest BCUT2D eigenvalue weighted by atomic mass is 16.5. The summed E-state index contributed by atoms with van der Waals surface area (Å²) >= 11 is 0. The van der Waals surface area contributed by atoms with E-state index < -0.39 is 5.97 Å². The summed E-state index contributed by atoms with van der Waals surface area (Å²) in [6.07, 6.45) is 1.19. The molecule has 0 amide bonds. The van der Waals surface area contributed by atoms with Gasteiger partial charge in [-0.15, -0.1) is 0 Å². The summed E-state index contributed by atoms with van der Waals surface area (Å²) in [7, 11) is 1.27. The number of rotatable bonds is 1. The normalized spacial score (nSPS) is 7.53. The molecule has 15 heavy (non-hydrogen) atoms. The predicted molar refractivity (Wildman–Crippen MR) is 59.9 cm³/mol. The molecule has 1 aromatic rings. The Balaban J connectivity index is 0. The molecule has 0 radical (unpaired) electrons. The topological polar surface area (TPSA) is 59.4 Å². The van der Waals surface area contributed by atoms with E-state index >= 15 is 0 Å². The van der Waals surface area contributed by atoms with Crippen molar-refractivity contribution in [1.82, 2.24) is 4.98 Å². The molecule has 0 unspecified atom stereocenters. The van der Waals surface area contributed by atoms with Crippen molar-refractivity contribution in [3.8, 4) is 5.75 Å². The summed E-state index contributed by atoms with van der Waals surface area (Å²) in [4.78, 5) is 14.4. The fourth-order valence-corrected chi connectivity index (χ4v) is 0.611. The van der Waals surface area contributed by atoms with Crippen LogP contribution in [0.1, 0.15) is 38.2 Å². The fraction of sp³-hybridized carbons (Fsp3) is 0.455. The lowest BCUT2D eigenvalue weighted by Crippen LogP contribution is -2.02. The summed E-state index contributed by atoms with van der Waals surface area (Å²) in [5, 5.41) is 8.80. The molecule has 0 aromatic carbocycles. The van der Waals surface area contributed by atoms with Crippen molar-refractivity contribution >= 4 is 5.97 Å². The van der Waals surface area contributed by atoms with Crippen LogP contribution in [0.25, 0.3) is 0 Å². The Morgan fingerprint density at radius 3 is 2.13 bits per heavy atom. The van der Waals surface area contributed by atoms with E-state index in [4.69, 9.17) is 5.11 Å². The first-order valence-corrected chi connectivity index (χ1v) is 4.97. The van der Waals surface area contributed by atoms with E-state index in [1.165, 1.54) is 25.4 Å². The van der Waals surface area contributed by atoms with Gasteiger partial charge in [0.15, 0.2) is 0 Å². The Morgan fingerprint density at radius 2 is 1.80 bits per heavy atom. The first-order chi connectivity index (χ1) is 7.24. The van der Waals surface area contributed by atoms with Gasteiger partial charge in [0.25, 0.3) is 0 Å². The number of pyridine rings is 1. The SMILES string of the molecule is CC.CC.COC(=O)c1ccc(O)cn1. The second-order valence-corrected chi connectivity index (χ2v) is 1.89. The number of hydrogen-bond donors (Lipinski definition) is 1. The lowest BCUT2D eigenvalue weighted by Gasteiger charge is -1.96. The predicted octanol–water partition coefficient (Wildman–Crippen LogP) is 2.63. The van der Waals surface area contributed by atoms with Crippen LogP contribution in [0.15, 0.2) is 18.3 Å². The molecule has 0 atom stereocenters. The number of methoxy groups -OCH3 is 1. The van der Waals surface area contributed by atoms with E-state index in [0.717, 1.165) is 0 Å². The molecule has 1 aromatic heterocycles. The van der Waals surface area contributed by atoms with Crippen LogP contribution >= 0.6 is 0 Å². The zero-order chi connectivity index (χ0) is 12.3. The van der Waals surface area contributed by atoms with E-state index in [1.807, 2.05) is 27.7 Å². The lowest BCUT2D eigenvalue weighted by atomic mass is 10.3. The van der Waals surface area contributed by atoms with Crippen molar-refractivity contribution in [3.63, 3.8) is 0 Å². The molecule has 0 fully saturated rings. The Hall–Kier alpha value is -1.58. The Kier molecular flexibility index (Phi) is 11.1. The van der Waals surface area contributed by atoms with Crippen molar-refractivity contribution in [1.29, 1.82) is 0 Å². The van der Waals surface area contributed by atoms with Crippen LogP contribution in [0.5, 0.6) is 5.75 Å². The van der Waals surface area contributed by atoms with Crippen molar-refractivity contribution in [2.45, 2.75) is 27.7 Å². The first-order valence-electron chi connectivity index (χ1n) is 4.97. The smallest absolute Gasteiger partial charge is 0.356 e. The molecular weight excluding hydrogens is 194 g/mol. The standard InChI is InChI=1S/C7H7NO3.2C2H6/c1-11-7(10)6-3-2-5(9)4-8-6;2*1-2/h2-4,9H,1H3;2*1-2H3. The maximum Gasteiger partial charge on any atom is 0.356 e. The van der Waals surface area contributed by atoms with E-state index in [0.29, 0.717) is 0 Å². The summed E-state index contributed by atoms with van der Waals surface area (Å²) in [6.45, 7) is 8.00. The molecule has 86 valence electrons. The Bertz CT molecular complexity index is 257. The summed E-state index contributed by atoms with van der Waals surface area (Å²) in [5.41, 5.74) is 0.185. The maximum absolute atomic E-state index is 10.8. The Morgan fingerprint density at radius 1 is 1.27 bits per heavy atom. The van der Waals surface area contributed by atoms with E-state index in [1.54, 1.807) is 0 Å². The first kappa shape index (κ1) is 15.9. The monoisotopic (exact) mass is 213 g/mol. The van der Waals surface area contributed by atoms with Crippen LogP contribution in [0.2, 0.25) is 0 Å². The fourth-order valence-electron chi connectivity index (χ4n) is 0.611. The summed E-state index contributed by atoms with van der Waals surface area (Å²) in [5.74, 6) is -0.484. The minimum atomic E-state index is -0.509. The van der Waals surface area contributed by atoms with Crippen molar-refractivity contribution in [3.05, 3.63) is 24.0 Å². The molecule has 1 rings (SSSR count). The second kappa shape index (κ2) is 10.5. The van der Waals surface area contributed by atoms with Crippen LogP contribution in [0.4, 0.5) is 0 Å². The molecule has 1 N–H and O–H groups in total. The third-order valence-electron chi connectivity index (χ3n) is 1.14. The van der Waals surface area contributed by atoms with Crippen LogP contribution in [0.3, 0.4) is 0 Å². The van der Waals surface area contributed by atoms with Crippen molar-refractivity contribution in [2.24, 2.45) is 0 Å². The lowest BCUT2D eigenvalue weighted by molar-refractivity contribution is 0.0594. The maximum atomic E-state index is 10.8. The van der Waals surface area contributed by atoms with Gasteiger partial charge in [0.05, 0.1) is 13.3 Å². The Labute approximate surface area is 90.9 Å². The summed E-state index contributed by atoms with van der Waals surface area (Å²) in [6, 6.07) is 2.76. The van der Waals surface area contributed by atoms with Crippen LogP contribution in [-0.4, -0.2) is 23.2 Å². The highest BCUT2D eigenvalue weighted by Gasteiger charge is 2.04. The molecule has 0 saturated heterocycles. The molecule has 0 aliphatic rings. The van der Waals surface area contributed by atoms with Gasteiger partial charge in [0, 0.05) is 0 Å². The number of nitrogens with zero attached hydrogens (tertiary/aromatic N) is 1. The highest BCUT2D eigenvalue weighted by Crippen LogP contribution is 2.06. The van der Waals surface area contributed by atoms with Gasteiger partial charge >= 0.3 is 5.97 Å². The molecule has 4 heteroatoms. The van der Waals surface area contributed by atoms with Gasteiger partial charge in [-0.25, -0.2) is 9.78 Å². The van der Waals surface area contributed by atoms with Gasteiger partial charge < -0.3 is 9.84 Å². The van der Waals surface area contributed by atoms with E-state index in [2.05, 4.69) is 9.72 Å². The number of aromatic nitrogens is 1. The second-order valence-electron chi connectivity index (χ2n) is 1.89. The average molecular weight is 213 g/mol. The number of carbonyl (C=O) groups excluding carboxylic acids is 1. The van der Waals surface area contributed by atoms with Crippen LogP contribution in [0, 0.1) is 0 Å².